The molecule has 1 fully saturated rings. The van der Waals surface area contributed by atoms with Gasteiger partial charge in [-0.25, -0.2) is 13.8 Å². The second-order valence-electron chi connectivity index (χ2n) is 10.9. The normalized spacial score (nSPS) is 22.9. The highest BCUT2D eigenvalue weighted by Crippen LogP contribution is 2.49. The number of rotatable bonds is 9. The van der Waals surface area contributed by atoms with Crippen LogP contribution in [0.4, 0.5) is 0 Å². The van der Waals surface area contributed by atoms with Crippen molar-refractivity contribution in [3.63, 3.8) is 0 Å². The van der Waals surface area contributed by atoms with E-state index in [0.29, 0.717) is 5.41 Å². The minimum atomic E-state index is -4.54. The van der Waals surface area contributed by atoms with E-state index in [1.807, 2.05) is 30.3 Å². The highest BCUT2D eigenvalue weighted by molar-refractivity contribution is 7.90. The molecular formula is C33H29N3O10S. The van der Waals surface area contributed by atoms with Crippen LogP contribution in [0.1, 0.15) is 38.1 Å². The summed E-state index contributed by atoms with van der Waals surface area (Å²) in [6.07, 6.45) is -3.46. The number of carbonyl (C=O) groups is 2. The molecular weight excluding hydrogens is 630 g/mol. The minimum absolute atomic E-state index is 0.0792. The predicted octanol–water partition coefficient (Wildman–Crippen LogP) is 2.56. The fourth-order valence-corrected chi connectivity index (χ4v) is 6.74. The average Bonchev–Trinajstić information content (AvgIpc) is 3.51. The molecule has 0 saturated carbocycles. The Morgan fingerprint density at radius 1 is 0.936 bits per heavy atom. The molecule has 47 heavy (non-hydrogen) atoms. The van der Waals surface area contributed by atoms with Crippen molar-refractivity contribution in [1.29, 1.82) is 0 Å². The van der Waals surface area contributed by atoms with Crippen molar-refractivity contribution in [2.75, 3.05) is 6.61 Å². The van der Waals surface area contributed by atoms with Crippen LogP contribution >= 0.6 is 0 Å². The molecule has 1 saturated heterocycles. The Balaban J connectivity index is 1.48. The molecule has 1 aromatic heterocycles. The van der Waals surface area contributed by atoms with Crippen molar-refractivity contribution in [2.24, 2.45) is 0 Å². The molecule has 2 aliphatic heterocycles. The average molecular weight is 660 g/mol. The SMILES string of the molecule is Cc1cn([C@@H]2O[C@H](COCc3ccccc3)C3(OS(=O)(=O)C=C3NC(=O)c3ccccc3)[C@H]2OC(=O)c2ccccc2)c(=O)[nH]c1=O. The first kappa shape index (κ1) is 31.8. The first-order chi connectivity index (χ1) is 22.6. The van der Waals surface area contributed by atoms with Crippen LogP contribution in [0, 0.1) is 6.92 Å². The summed E-state index contributed by atoms with van der Waals surface area (Å²) in [6.45, 7) is 1.19. The third-order valence-corrected chi connectivity index (χ3v) is 8.76. The van der Waals surface area contributed by atoms with Crippen molar-refractivity contribution in [1.82, 2.24) is 14.9 Å². The smallest absolute Gasteiger partial charge is 0.338 e. The van der Waals surface area contributed by atoms with Crippen molar-refractivity contribution in [3.8, 4) is 0 Å². The van der Waals surface area contributed by atoms with Gasteiger partial charge in [-0.05, 0) is 36.8 Å². The maximum absolute atomic E-state index is 13.6. The molecule has 1 spiro atoms. The van der Waals surface area contributed by atoms with Gasteiger partial charge in [0, 0.05) is 17.3 Å². The Morgan fingerprint density at radius 2 is 1.55 bits per heavy atom. The fourth-order valence-electron chi connectivity index (χ4n) is 5.48. The summed E-state index contributed by atoms with van der Waals surface area (Å²) < 4.78 is 51.5. The molecule has 2 aliphatic rings. The lowest BCUT2D eigenvalue weighted by atomic mass is 9.88. The van der Waals surface area contributed by atoms with Gasteiger partial charge in [-0.15, -0.1) is 0 Å². The van der Waals surface area contributed by atoms with Crippen LogP contribution in [-0.2, 0) is 35.1 Å². The molecule has 13 nitrogen and oxygen atoms in total. The van der Waals surface area contributed by atoms with E-state index in [0.717, 1.165) is 10.1 Å². The highest BCUT2D eigenvalue weighted by atomic mass is 32.2. The van der Waals surface area contributed by atoms with Gasteiger partial charge in [0.1, 0.15) is 6.10 Å². The fraction of sp³-hybridized carbons (Fsp3) is 0.212. The molecule has 0 bridgehead atoms. The van der Waals surface area contributed by atoms with Crippen LogP contribution < -0.4 is 16.6 Å². The number of aromatic nitrogens is 2. The number of aryl methyl sites for hydroxylation is 1. The number of hydrogen-bond donors (Lipinski definition) is 2. The van der Waals surface area contributed by atoms with Gasteiger partial charge >= 0.3 is 11.7 Å². The lowest BCUT2D eigenvalue weighted by molar-refractivity contribution is -0.0787. The third-order valence-electron chi connectivity index (χ3n) is 7.73. The van der Waals surface area contributed by atoms with E-state index in [9.17, 15) is 27.6 Å². The molecule has 242 valence electrons. The lowest BCUT2D eigenvalue weighted by Crippen LogP contribution is -2.56. The van der Waals surface area contributed by atoms with E-state index < -0.39 is 57.3 Å². The van der Waals surface area contributed by atoms with E-state index in [-0.39, 0.29) is 35.6 Å². The largest absolute Gasteiger partial charge is 0.450 e. The first-order valence-electron chi connectivity index (χ1n) is 14.5. The predicted molar refractivity (Wildman–Crippen MR) is 166 cm³/mol. The molecule has 6 rings (SSSR count). The first-order valence-corrected chi connectivity index (χ1v) is 15.9. The van der Waals surface area contributed by atoms with Crippen molar-refractivity contribution in [2.45, 2.75) is 37.6 Å². The van der Waals surface area contributed by atoms with Gasteiger partial charge < -0.3 is 19.5 Å². The molecule has 2 N–H and O–H groups in total. The van der Waals surface area contributed by atoms with Crippen LogP contribution in [0.25, 0.3) is 0 Å². The van der Waals surface area contributed by atoms with Crippen LogP contribution in [0.15, 0.2) is 118 Å². The van der Waals surface area contributed by atoms with E-state index in [2.05, 4.69) is 10.3 Å². The Labute approximate surface area is 268 Å². The van der Waals surface area contributed by atoms with Gasteiger partial charge in [0.05, 0.1) is 29.9 Å². The van der Waals surface area contributed by atoms with E-state index in [1.165, 1.54) is 37.4 Å². The second kappa shape index (κ2) is 12.9. The Kier molecular flexibility index (Phi) is 8.75. The van der Waals surface area contributed by atoms with Crippen LogP contribution in [0.3, 0.4) is 0 Å². The summed E-state index contributed by atoms with van der Waals surface area (Å²) in [5, 5.41) is 3.33. The van der Waals surface area contributed by atoms with E-state index >= 15 is 0 Å². The van der Waals surface area contributed by atoms with Gasteiger partial charge in [-0.3, -0.25) is 19.1 Å². The Morgan fingerprint density at radius 3 is 2.21 bits per heavy atom. The summed E-state index contributed by atoms with van der Waals surface area (Å²) >= 11 is 0. The number of esters is 1. The molecule has 4 aromatic rings. The zero-order valence-electron chi connectivity index (χ0n) is 24.9. The number of aromatic amines is 1. The molecule has 3 heterocycles. The van der Waals surface area contributed by atoms with Gasteiger partial charge in [0.15, 0.2) is 17.9 Å². The van der Waals surface area contributed by atoms with Gasteiger partial charge in [-0.2, -0.15) is 8.42 Å². The molecule has 3 aromatic carbocycles. The van der Waals surface area contributed by atoms with Crippen LogP contribution in [-0.4, -0.2) is 54.3 Å². The number of hydrogen-bond acceptors (Lipinski definition) is 10. The third kappa shape index (κ3) is 6.44. The minimum Gasteiger partial charge on any atom is -0.450 e. The maximum atomic E-state index is 13.6. The number of amides is 1. The summed E-state index contributed by atoms with van der Waals surface area (Å²) in [4.78, 5) is 54.6. The Bertz CT molecular complexity index is 2050. The zero-order chi connectivity index (χ0) is 33.2. The Hall–Kier alpha value is -5.15. The number of ether oxygens (including phenoxy) is 3. The van der Waals surface area contributed by atoms with Gasteiger partial charge in [0.25, 0.3) is 21.6 Å². The molecule has 1 unspecified atom stereocenters. The number of benzene rings is 3. The number of nitrogens with zero attached hydrogens (tertiary/aromatic N) is 1. The summed E-state index contributed by atoms with van der Waals surface area (Å²) in [6, 6.07) is 25.0. The van der Waals surface area contributed by atoms with Crippen LogP contribution in [0.5, 0.6) is 0 Å². The summed E-state index contributed by atoms with van der Waals surface area (Å²) in [7, 11) is -4.54. The monoisotopic (exact) mass is 659 g/mol. The van der Waals surface area contributed by atoms with E-state index in [4.69, 9.17) is 18.4 Å². The molecule has 0 aliphatic carbocycles. The number of H-pyrrole nitrogens is 1. The summed E-state index contributed by atoms with van der Waals surface area (Å²) in [5.41, 5.74) is -2.92. The quantitative estimate of drug-likeness (QED) is 0.201. The van der Waals surface area contributed by atoms with Crippen LogP contribution in [0.2, 0.25) is 0 Å². The standard InChI is InChI=1S/C33H29N3O10S/c1-21-17-36(32(40)35-28(21)37)30-27(45-31(39)24-15-9-4-10-16-24)33(26(44-30)19-43-18-22-11-5-2-6-12-22)25(20-47(41,42)46-33)34-29(38)23-13-7-3-8-14-23/h2-17,20,26-27,30H,18-19H2,1H3,(H,34,38)(H,35,37,40)/t26-,27+,30-,33?/m1/s1. The maximum Gasteiger partial charge on any atom is 0.338 e. The van der Waals surface area contributed by atoms with Crippen molar-refractivity contribution >= 4 is 22.0 Å². The van der Waals surface area contributed by atoms with E-state index in [1.54, 1.807) is 36.4 Å². The second-order valence-corrected chi connectivity index (χ2v) is 12.3. The molecule has 1 amide bonds. The lowest BCUT2D eigenvalue weighted by Gasteiger charge is -2.34. The van der Waals surface area contributed by atoms with Gasteiger partial charge in [-0.1, -0.05) is 66.7 Å². The topological polar surface area (TPSA) is 172 Å². The zero-order valence-corrected chi connectivity index (χ0v) is 25.7. The number of nitrogens with one attached hydrogen (secondary N) is 2. The van der Waals surface area contributed by atoms with Crippen molar-refractivity contribution in [3.05, 3.63) is 151 Å². The van der Waals surface area contributed by atoms with Crippen molar-refractivity contribution < 1.29 is 36.4 Å². The summed E-state index contributed by atoms with van der Waals surface area (Å²) in [5.74, 6) is -1.58. The highest BCUT2D eigenvalue weighted by Gasteiger charge is 2.68. The molecule has 0 radical (unpaired) electrons. The molecule has 14 heteroatoms. The van der Waals surface area contributed by atoms with Gasteiger partial charge in [0.2, 0.25) is 0 Å². The number of carbonyl (C=O) groups excluding carboxylic acids is 2. The molecule has 4 atom stereocenters.